The lowest BCUT2D eigenvalue weighted by Gasteiger charge is -2.41. The third-order valence-corrected chi connectivity index (χ3v) is 5.16. The highest BCUT2D eigenvalue weighted by Gasteiger charge is 2.33. The molecular weight excluding hydrogens is 295 g/mol. The Balaban J connectivity index is 1.51. The van der Waals surface area contributed by atoms with E-state index in [4.69, 9.17) is 0 Å². The van der Waals surface area contributed by atoms with E-state index in [9.17, 15) is 14.3 Å². The number of hydrogen-bond acceptors (Lipinski definition) is 3. The van der Waals surface area contributed by atoms with E-state index in [-0.39, 0.29) is 29.8 Å². The molecule has 1 aromatic rings. The molecule has 2 atom stereocenters. The summed E-state index contributed by atoms with van der Waals surface area (Å²) < 4.78 is 13.2. The second-order valence-corrected chi connectivity index (χ2v) is 6.73. The molecule has 1 aromatic carbocycles. The summed E-state index contributed by atoms with van der Waals surface area (Å²) in [5, 5.41) is 13.0. The van der Waals surface area contributed by atoms with Gasteiger partial charge in [0, 0.05) is 17.6 Å². The van der Waals surface area contributed by atoms with E-state index in [2.05, 4.69) is 10.2 Å². The molecule has 1 aliphatic heterocycles. The first-order valence-corrected chi connectivity index (χ1v) is 8.62. The largest absolute Gasteiger partial charge is 0.391 e. The molecule has 0 aromatic heterocycles. The van der Waals surface area contributed by atoms with E-state index in [1.54, 1.807) is 12.1 Å². The zero-order chi connectivity index (χ0) is 16.2. The highest BCUT2D eigenvalue weighted by atomic mass is 19.1. The lowest BCUT2D eigenvalue weighted by molar-refractivity contribution is -0.121. The number of halogens is 1. The smallest absolute Gasteiger partial charge is 0.227 e. The van der Waals surface area contributed by atoms with Crippen LogP contribution in [0.25, 0.3) is 0 Å². The van der Waals surface area contributed by atoms with Crippen molar-refractivity contribution in [3.05, 3.63) is 30.1 Å². The number of rotatable bonds is 3. The van der Waals surface area contributed by atoms with Gasteiger partial charge in [0.1, 0.15) is 5.82 Å². The molecule has 5 heteroatoms. The van der Waals surface area contributed by atoms with E-state index < -0.39 is 0 Å². The lowest BCUT2D eigenvalue weighted by Crippen LogP contribution is -2.49. The molecule has 1 heterocycles. The molecule has 0 bridgehead atoms. The first kappa shape index (κ1) is 16.4. The molecule has 0 radical (unpaired) electrons. The Labute approximate surface area is 136 Å². The van der Waals surface area contributed by atoms with E-state index in [0.717, 1.165) is 45.2 Å². The minimum absolute atomic E-state index is 0.0283. The molecule has 1 saturated heterocycles. The Hall–Kier alpha value is -1.46. The van der Waals surface area contributed by atoms with Gasteiger partial charge in [-0.05, 0) is 57.0 Å². The molecule has 2 aliphatic rings. The number of carbonyl (C=O) groups excluding carboxylic acids is 1. The fourth-order valence-electron chi connectivity index (χ4n) is 3.82. The molecule has 1 aliphatic carbocycles. The first-order chi connectivity index (χ1) is 11.1. The van der Waals surface area contributed by atoms with Crippen LogP contribution in [0.15, 0.2) is 24.3 Å². The van der Waals surface area contributed by atoms with Gasteiger partial charge < -0.3 is 10.4 Å². The molecule has 2 N–H and O–H groups in total. The van der Waals surface area contributed by atoms with Gasteiger partial charge in [-0.2, -0.15) is 0 Å². The quantitative estimate of drug-likeness (QED) is 0.900. The van der Waals surface area contributed by atoms with E-state index in [1.807, 2.05) is 0 Å². The number of nitrogens with one attached hydrogen (secondary N) is 1. The maximum atomic E-state index is 13.2. The molecule has 0 spiro atoms. The third kappa shape index (κ3) is 4.09. The minimum Gasteiger partial charge on any atom is -0.391 e. The summed E-state index contributed by atoms with van der Waals surface area (Å²) in [6.45, 7) is 1.70. The SMILES string of the molecule is O=C(Nc1cccc(F)c1)C1CCN(C2CCCCC2O)CC1. The van der Waals surface area contributed by atoms with Gasteiger partial charge in [0.15, 0.2) is 0 Å². The first-order valence-electron chi connectivity index (χ1n) is 8.62. The van der Waals surface area contributed by atoms with Crippen molar-refractivity contribution in [2.75, 3.05) is 18.4 Å². The van der Waals surface area contributed by atoms with Crippen LogP contribution in [0, 0.1) is 11.7 Å². The maximum absolute atomic E-state index is 13.2. The number of carbonyl (C=O) groups is 1. The molecule has 1 amide bonds. The normalized spacial score (nSPS) is 26.9. The van der Waals surface area contributed by atoms with Gasteiger partial charge in [-0.25, -0.2) is 4.39 Å². The number of anilines is 1. The molecule has 2 fully saturated rings. The predicted octanol–water partition coefficient (Wildman–Crippen LogP) is 2.78. The van der Waals surface area contributed by atoms with Crippen LogP contribution >= 0.6 is 0 Å². The molecule has 4 nitrogen and oxygen atoms in total. The van der Waals surface area contributed by atoms with Gasteiger partial charge in [-0.1, -0.05) is 18.9 Å². The average Bonchev–Trinajstić information content (AvgIpc) is 2.55. The van der Waals surface area contributed by atoms with Gasteiger partial charge >= 0.3 is 0 Å². The predicted molar refractivity (Wildman–Crippen MR) is 87.6 cm³/mol. The molecule has 3 rings (SSSR count). The summed E-state index contributed by atoms with van der Waals surface area (Å²) in [6, 6.07) is 6.26. The summed E-state index contributed by atoms with van der Waals surface area (Å²) in [6.07, 6.45) is 5.62. The van der Waals surface area contributed by atoms with Gasteiger partial charge in [0.05, 0.1) is 6.10 Å². The van der Waals surface area contributed by atoms with E-state index >= 15 is 0 Å². The number of likely N-dealkylation sites (tertiary alicyclic amines) is 1. The Kier molecular flexibility index (Phi) is 5.28. The van der Waals surface area contributed by atoms with Crippen LogP contribution in [0.2, 0.25) is 0 Å². The zero-order valence-corrected chi connectivity index (χ0v) is 13.4. The Bertz CT molecular complexity index is 544. The number of hydrogen-bond donors (Lipinski definition) is 2. The molecule has 23 heavy (non-hydrogen) atoms. The van der Waals surface area contributed by atoms with Crippen molar-refractivity contribution in [3.63, 3.8) is 0 Å². The van der Waals surface area contributed by atoms with Crippen LogP contribution in [0.5, 0.6) is 0 Å². The van der Waals surface area contributed by atoms with Crippen molar-refractivity contribution >= 4 is 11.6 Å². The Morgan fingerprint density at radius 2 is 1.91 bits per heavy atom. The Morgan fingerprint density at radius 1 is 1.17 bits per heavy atom. The number of aliphatic hydroxyl groups excluding tert-OH is 1. The number of nitrogens with zero attached hydrogens (tertiary/aromatic N) is 1. The number of aliphatic hydroxyl groups is 1. The standard InChI is InChI=1S/C18H25FN2O2/c19-14-4-3-5-15(12-14)20-18(23)13-8-10-21(11-9-13)16-6-1-2-7-17(16)22/h3-5,12-13,16-17,22H,1-2,6-11H2,(H,20,23). The lowest BCUT2D eigenvalue weighted by atomic mass is 9.88. The zero-order valence-electron chi connectivity index (χ0n) is 13.4. The highest BCUT2D eigenvalue weighted by Crippen LogP contribution is 2.28. The summed E-state index contributed by atoms with van der Waals surface area (Å²) in [5.74, 6) is -0.404. The second kappa shape index (κ2) is 7.41. The highest BCUT2D eigenvalue weighted by molar-refractivity contribution is 5.92. The number of amides is 1. The van der Waals surface area contributed by atoms with Crippen LogP contribution in [0.1, 0.15) is 38.5 Å². The monoisotopic (exact) mass is 320 g/mol. The maximum Gasteiger partial charge on any atom is 0.227 e. The second-order valence-electron chi connectivity index (χ2n) is 6.73. The average molecular weight is 320 g/mol. The summed E-state index contributed by atoms with van der Waals surface area (Å²) >= 11 is 0. The summed E-state index contributed by atoms with van der Waals surface area (Å²) in [5.41, 5.74) is 0.514. The van der Waals surface area contributed by atoms with Crippen molar-refractivity contribution in [1.29, 1.82) is 0 Å². The van der Waals surface area contributed by atoms with Crippen molar-refractivity contribution < 1.29 is 14.3 Å². The van der Waals surface area contributed by atoms with Crippen LogP contribution < -0.4 is 5.32 Å². The van der Waals surface area contributed by atoms with Crippen LogP contribution in [0.3, 0.4) is 0 Å². The number of benzene rings is 1. The van der Waals surface area contributed by atoms with Gasteiger partial charge in [0.2, 0.25) is 5.91 Å². The third-order valence-electron chi connectivity index (χ3n) is 5.16. The van der Waals surface area contributed by atoms with E-state index in [1.165, 1.54) is 18.6 Å². The molecule has 1 saturated carbocycles. The molecule has 126 valence electrons. The van der Waals surface area contributed by atoms with Crippen LogP contribution in [0.4, 0.5) is 10.1 Å². The summed E-state index contributed by atoms with van der Waals surface area (Å²) in [7, 11) is 0. The number of piperidine rings is 1. The topological polar surface area (TPSA) is 52.6 Å². The summed E-state index contributed by atoms with van der Waals surface area (Å²) in [4.78, 5) is 14.7. The minimum atomic E-state index is -0.344. The van der Waals surface area contributed by atoms with Gasteiger partial charge in [-0.3, -0.25) is 9.69 Å². The van der Waals surface area contributed by atoms with E-state index in [0.29, 0.717) is 5.69 Å². The molecular formula is C18H25FN2O2. The van der Waals surface area contributed by atoms with Gasteiger partial charge in [0.25, 0.3) is 0 Å². The van der Waals surface area contributed by atoms with Crippen LogP contribution in [-0.4, -0.2) is 41.1 Å². The van der Waals surface area contributed by atoms with Crippen LogP contribution in [-0.2, 0) is 4.79 Å². The van der Waals surface area contributed by atoms with Crippen molar-refractivity contribution in [2.45, 2.75) is 50.7 Å². The van der Waals surface area contributed by atoms with Gasteiger partial charge in [-0.15, -0.1) is 0 Å². The van der Waals surface area contributed by atoms with Crippen molar-refractivity contribution in [3.8, 4) is 0 Å². The Morgan fingerprint density at radius 3 is 2.61 bits per heavy atom. The van der Waals surface area contributed by atoms with Crippen molar-refractivity contribution in [2.24, 2.45) is 5.92 Å². The molecule has 2 unspecified atom stereocenters. The fraction of sp³-hybridized carbons (Fsp3) is 0.611. The van der Waals surface area contributed by atoms with Crippen molar-refractivity contribution in [1.82, 2.24) is 4.90 Å². The fourth-order valence-corrected chi connectivity index (χ4v) is 3.82.